The zero-order chi connectivity index (χ0) is 22.6. The Labute approximate surface area is 199 Å². The number of fused-ring (bicyclic) bond motifs is 3. The highest BCUT2D eigenvalue weighted by molar-refractivity contribution is 7.80. The maximum absolute atomic E-state index is 13.5. The number of rotatable bonds is 4. The van der Waals surface area contributed by atoms with E-state index in [1.165, 1.54) is 53.7 Å². The summed E-state index contributed by atoms with van der Waals surface area (Å²) < 4.78 is 22.0. The van der Waals surface area contributed by atoms with E-state index in [9.17, 15) is 4.39 Å². The Bertz CT molecular complexity index is 1280. The van der Waals surface area contributed by atoms with E-state index >= 15 is 0 Å². The Hall–Kier alpha value is -2.70. The second-order valence-electron chi connectivity index (χ2n) is 9.44. The van der Waals surface area contributed by atoms with Gasteiger partial charge in [-0.2, -0.15) is 0 Å². The van der Waals surface area contributed by atoms with Crippen molar-refractivity contribution in [3.63, 3.8) is 0 Å². The van der Waals surface area contributed by atoms with Crippen molar-refractivity contribution >= 4 is 39.7 Å². The molecule has 0 radical (unpaired) electrons. The molecule has 3 aliphatic rings. The molecule has 6 heteroatoms. The molecule has 0 unspecified atom stereocenters. The van der Waals surface area contributed by atoms with Crippen LogP contribution in [0.15, 0.2) is 54.6 Å². The van der Waals surface area contributed by atoms with Crippen molar-refractivity contribution in [2.45, 2.75) is 38.6 Å². The van der Waals surface area contributed by atoms with Gasteiger partial charge >= 0.3 is 0 Å². The van der Waals surface area contributed by atoms with E-state index < -0.39 is 0 Å². The quantitative estimate of drug-likeness (QED) is 0.473. The predicted octanol–water partition coefficient (Wildman–Crippen LogP) is 6.14. The van der Waals surface area contributed by atoms with Gasteiger partial charge in [-0.1, -0.05) is 37.3 Å². The number of nitrogens with one attached hydrogen (secondary N) is 1. The Kier molecular flexibility index (Phi) is 5.03. The maximum Gasteiger partial charge on any atom is 0.261 e. The maximum atomic E-state index is 13.5. The number of thiocarbonyl (C=S) groups is 1. The van der Waals surface area contributed by atoms with E-state index in [2.05, 4.69) is 52.0 Å². The van der Waals surface area contributed by atoms with Crippen LogP contribution >= 0.6 is 12.2 Å². The number of hydrogen-bond donors (Lipinski definition) is 1. The zero-order valence-corrected chi connectivity index (χ0v) is 19.6. The average molecular weight is 462 g/mol. The van der Waals surface area contributed by atoms with Crippen LogP contribution in [-0.4, -0.2) is 34.3 Å². The Balaban J connectivity index is 1.38. The highest BCUT2D eigenvalue weighted by Crippen LogP contribution is 2.56. The molecule has 2 aromatic carbocycles. The largest absolute Gasteiger partial charge is 0.464 e. The number of hydrogen-bond acceptors (Lipinski definition) is 3. The van der Waals surface area contributed by atoms with Gasteiger partial charge in [-0.3, -0.25) is 4.90 Å². The highest BCUT2D eigenvalue weighted by atomic mass is 32.1. The van der Waals surface area contributed by atoms with E-state index in [4.69, 9.17) is 17.0 Å². The van der Waals surface area contributed by atoms with Gasteiger partial charge in [0.25, 0.3) is 5.17 Å². The molecule has 2 atom stereocenters. The molecule has 1 N–H and O–H groups in total. The molecule has 33 heavy (non-hydrogen) atoms. The van der Waals surface area contributed by atoms with Gasteiger partial charge in [0.2, 0.25) is 0 Å². The van der Waals surface area contributed by atoms with Crippen LogP contribution < -0.4 is 5.32 Å². The molecule has 3 aliphatic heterocycles. The lowest BCUT2D eigenvalue weighted by Gasteiger charge is -2.53. The molecule has 1 fully saturated rings. The molecule has 0 bridgehead atoms. The molecule has 4 heterocycles. The number of aromatic nitrogens is 1. The van der Waals surface area contributed by atoms with Crippen LogP contribution in [0.2, 0.25) is 0 Å². The topological polar surface area (TPSA) is 29.4 Å². The van der Waals surface area contributed by atoms with Crippen LogP contribution in [0.3, 0.4) is 0 Å². The number of halogens is 1. The minimum Gasteiger partial charge on any atom is -0.464 e. The molecule has 0 spiro atoms. The number of piperidine rings is 1. The van der Waals surface area contributed by atoms with Gasteiger partial charge in [-0.05, 0) is 74.3 Å². The van der Waals surface area contributed by atoms with E-state index in [0.717, 1.165) is 25.1 Å². The molecular formula is C27H28FN3OS. The fraction of sp³-hybridized carbons (Fsp3) is 0.370. The molecule has 6 rings (SSSR count). The number of para-hydroxylation sites is 1. The Morgan fingerprint density at radius 1 is 1.21 bits per heavy atom. The molecule has 1 aromatic heterocycles. The fourth-order valence-electron chi connectivity index (χ4n) is 6.35. The van der Waals surface area contributed by atoms with E-state index in [-0.39, 0.29) is 16.4 Å². The molecular weight excluding hydrogens is 433 g/mol. The summed E-state index contributed by atoms with van der Waals surface area (Å²) >= 11 is 5.45. The molecule has 170 valence electrons. The van der Waals surface area contributed by atoms with Crippen molar-refractivity contribution in [3.8, 4) is 0 Å². The summed E-state index contributed by atoms with van der Waals surface area (Å²) in [6, 6.07) is 15.4. The lowest BCUT2D eigenvalue weighted by molar-refractivity contribution is 0.0264. The standard InChI is InChI=1S/C27H28FN3OS/c1-2-27-12-6-13-30-14-11-22-21-9-3-4-10-23(21)31(24(22)25(27)30)20(16-27)17-32-26(33)29-19-8-5-7-18(28)15-19/h3-5,7-10,15-16,25H,2,6,11-14,17H2,1H3,(H,29,33)/t25-,27+/m1/s1. The third-order valence-electron chi connectivity index (χ3n) is 7.75. The number of ether oxygens (including phenoxy) is 1. The van der Waals surface area contributed by atoms with Crippen molar-refractivity contribution in [3.05, 3.63) is 71.7 Å². The van der Waals surface area contributed by atoms with Crippen LogP contribution in [0.25, 0.3) is 16.6 Å². The summed E-state index contributed by atoms with van der Waals surface area (Å²) in [6.45, 7) is 5.01. The number of nitrogens with zero attached hydrogens (tertiary/aromatic N) is 2. The summed E-state index contributed by atoms with van der Waals surface area (Å²) in [5, 5.41) is 4.62. The van der Waals surface area contributed by atoms with E-state index in [0.29, 0.717) is 18.3 Å². The van der Waals surface area contributed by atoms with Gasteiger partial charge in [0.05, 0.1) is 17.3 Å². The van der Waals surface area contributed by atoms with Crippen molar-refractivity contribution in [1.29, 1.82) is 0 Å². The van der Waals surface area contributed by atoms with Gasteiger partial charge in [0.1, 0.15) is 12.4 Å². The molecule has 0 amide bonds. The van der Waals surface area contributed by atoms with Crippen LogP contribution in [0, 0.1) is 11.2 Å². The van der Waals surface area contributed by atoms with E-state index in [1.807, 2.05) is 0 Å². The minimum atomic E-state index is -0.305. The Morgan fingerprint density at radius 3 is 2.94 bits per heavy atom. The number of benzene rings is 2. The smallest absolute Gasteiger partial charge is 0.261 e. The third kappa shape index (κ3) is 3.30. The Morgan fingerprint density at radius 2 is 2.09 bits per heavy atom. The second kappa shape index (κ2) is 7.96. The average Bonchev–Trinajstić information content (AvgIpc) is 3.17. The summed E-state index contributed by atoms with van der Waals surface area (Å²) in [4.78, 5) is 2.70. The molecule has 4 nitrogen and oxygen atoms in total. The summed E-state index contributed by atoms with van der Waals surface area (Å²) in [7, 11) is 0. The van der Waals surface area contributed by atoms with Gasteiger partial charge in [0.15, 0.2) is 0 Å². The number of anilines is 1. The molecule has 0 aliphatic carbocycles. The van der Waals surface area contributed by atoms with Crippen LogP contribution in [0.5, 0.6) is 0 Å². The van der Waals surface area contributed by atoms with Crippen molar-refractivity contribution in [1.82, 2.24) is 9.47 Å². The van der Waals surface area contributed by atoms with Crippen molar-refractivity contribution in [2.24, 2.45) is 5.41 Å². The molecule has 3 aromatic rings. The lowest BCUT2D eigenvalue weighted by atomic mass is 9.66. The normalized spacial score (nSPS) is 23.7. The zero-order valence-electron chi connectivity index (χ0n) is 18.8. The monoisotopic (exact) mass is 461 g/mol. The molecule has 0 saturated carbocycles. The highest BCUT2D eigenvalue weighted by Gasteiger charge is 2.50. The minimum absolute atomic E-state index is 0.119. The first-order chi connectivity index (χ1) is 16.1. The van der Waals surface area contributed by atoms with Gasteiger partial charge in [-0.25, -0.2) is 4.39 Å². The predicted molar refractivity (Wildman–Crippen MR) is 135 cm³/mol. The van der Waals surface area contributed by atoms with Crippen LogP contribution in [-0.2, 0) is 11.2 Å². The first-order valence-corrected chi connectivity index (χ1v) is 12.3. The van der Waals surface area contributed by atoms with Gasteiger partial charge in [0, 0.05) is 28.7 Å². The summed E-state index contributed by atoms with van der Waals surface area (Å²) in [6.07, 6.45) is 7.09. The second-order valence-corrected chi connectivity index (χ2v) is 9.81. The first kappa shape index (κ1) is 20.9. The fourth-order valence-corrected chi connectivity index (χ4v) is 6.53. The van der Waals surface area contributed by atoms with Gasteiger partial charge in [-0.15, -0.1) is 0 Å². The van der Waals surface area contributed by atoms with Crippen molar-refractivity contribution < 1.29 is 9.13 Å². The van der Waals surface area contributed by atoms with E-state index in [1.54, 1.807) is 12.1 Å². The van der Waals surface area contributed by atoms with Crippen molar-refractivity contribution in [2.75, 3.05) is 25.0 Å². The third-order valence-corrected chi connectivity index (χ3v) is 7.97. The summed E-state index contributed by atoms with van der Waals surface area (Å²) in [5.41, 5.74) is 6.06. The van der Waals surface area contributed by atoms with Crippen LogP contribution in [0.1, 0.15) is 43.5 Å². The van der Waals surface area contributed by atoms with Crippen LogP contribution in [0.4, 0.5) is 10.1 Å². The molecule has 1 saturated heterocycles. The van der Waals surface area contributed by atoms with Gasteiger partial charge < -0.3 is 14.6 Å². The lowest BCUT2D eigenvalue weighted by Crippen LogP contribution is -2.50. The SMILES string of the molecule is CC[C@@]12C=C(COC(=S)Nc3cccc(F)c3)n3c4c(c5ccccc53)CCN(CCC1)[C@H]42. The summed E-state index contributed by atoms with van der Waals surface area (Å²) in [5.74, 6) is -0.305. The first-order valence-electron chi connectivity index (χ1n) is 11.9.